The number of carbonyl (C=O) groups excluding carboxylic acids is 1. The number of halogens is 2. The van der Waals surface area contributed by atoms with Crippen molar-refractivity contribution in [2.24, 2.45) is 0 Å². The van der Waals surface area contributed by atoms with Crippen molar-refractivity contribution in [3.63, 3.8) is 0 Å². The van der Waals surface area contributed by atoms with Gasteiger partial charge in [0.15, 0.2) is 0 Å². The highest BCUT2D eigenvalue weighted by Crippen LogP contribution is 2.32. The van der Waals surface area contributed by atoms with Crippen molar-refractivity contribution in [2.45, 2.75) is 45.6 Å². The number of esters is 1. The molecule has 1 aromatic heterocycles. The molecule has 5 heteroatoms. The summed E-state index contributed by atoms with van der Waals surface area (Å²) in [5, 5.41) is 0. The van der Waals surface area contributed by atoms with Crippen LogP contribution < -0.4 is 0 Å². The van der Waals surface area contributed by atoms with Gasteiger partial charge >= 0.3 is 5.97 Å². The first-order chi connectivity index (χ1) is 8.04. The summed E-state index contributed by atoms with van der Waals surface area (Å²) in [6.45, 7) is 4.11. The zero-order chi connectivity index (χ0) is 12.8. The van der Waals surface area contributed by atoms with Gasteiger partial charge in [-0.15, -0.1) is 11.3 Å². The minimum absolute atomic E-state index is 0.0142. The highest BCUT2D eigenvalue weighted by Gasteiger charge is 2.17. The molecule has 0 aliphatic carbocycles. The molecule has 0 aromatic carbocycles. The molecular weight excluding hydrogens is 368 g/mol. The van der Waals surface area contributed by atoms with Crippen LogP contribution in [0.4, 0.5) is 0 Å². The molecule has 0 saturated heterocycles. The summed E-state index contributed by atoms with van der Waals surface area (Å²) in [7, 11) is 0. The van der Waals surface area contributed by atoms with Gasteiger partial charge in [0.2, 0.25) is 0 Å². The Morgan fingerprint density at radius 1 is 1.47 bits per heavy atom. The molecule has 0 bridgehead atoms. The summed E-state index contributed by atoms with van der Waals surface area (Å²) in [6.07, 6.45) is 4.40. The molecule has 17 heavy (non-hydrogen) atoms. The summed E-state index contributed by atoms with van der Waals surface area (Å²) in [4.78, 5) is 11.9. The van der Waals surface area contributed by atoms with Crippen molar-refractivity contribution in [3.8, 4) is 0 Å². The average molecular weight is 384 g/mol. The number of ether oxygens (including phenoxy) is 1. The average Bonchev–Trinajstić information content (AvgIpc) is 2.58. The van der Waals surface area contributed by atoms with E-state index in [9.17, 15) is 4.79 Å². The van der Waals surface area contributed by atoms with Gasteiger partial charge in [-0.1, -0.05) is 19.8 Å². The third-order valence-electron chi connectivity index (χ3n) is 2.40. The van der Waals surface area contributed by atoms with Crippen molar-refractivity contribution >= 4 is 49.2 Å². The predicted molar refractivity (Wildman–Crippen MR) is 78.7 cm³/mol. The molecule has 0 aliphatic heterocycles. The quantitative estimate of drug-likeness (QED) is 0.485. The Hall–Kier alpha value is 0.130. The molecule has 0 saturated carbocycles. The van der Waals surface area contributed by atoms with Gasteiger partial charge in [-0.05, 0) is 57.7 Å². The molecule has 2 nitrogen and oxygen atoms in total. The summed E-state index contributed by atoms with van der Waals surface area (Å²) < 4.78 is 7.13. The summed E-state index contributed by atoms with van der Waals surface area (Å²) in [6, 6.07) is 1.79. The molecule has 0 radical (unpaired) electrons. The second-order valence-electron chi connectivity index (χ2n) is 3.95. The van der Waals surface area contributed by atoms with Gasteiger partial charge in [0.05, 0.1) is 19.2 Å². The van der Waals surface area contributed by atoms with E-state index in [4.69, 9.17) is 4.74 Å². The van der Waals surface area contributed by atoms with Crippen molar-refractivity contribution < 1.29 is 9.53 Å². The van der Waals surface area contributed by atoms with Crippen molar-refractivity contribution in [1.82, 2.24) is 0 Å². The number of rotatable bonds is 6. The van der Waals surface area contributed by atoms with Crippen LogP contribution in [-0.4, -0.2) is 12.1 Å². The highest BCUT2D eigenvalue weighted by atomic mass is 79.9. The zero-order valence-corrected chi connectivity index (χ0v) is 14.0. The monoisotopic (exact) mass is 382 g/mol. The fourth-order valence-electron chi connectivity index (χ4n) is 1.47. The number of hydrogen-bond acceptors (Lipinski definition) is 3. The van der Waals surface area contributed by atoms with Crippen LogP contribution in [0.1, 0.15) is 49.9 Å². The Balaban J connectivity index is 2.46. The van der Waals surface area contributed by atoms with E-state index in [1.54, 1.807) is 6.07 Å². The van der Waals surface area contributed by atoms with Crippen molar-refractivity contribution in [2.75, 3.05) is 0 Å². The first kappa shape index (κ1) is 15.2. The second-order valence-corrected chi connectivity index (χ2v) is 7.70. The van der Waals surface area contributed by atoms with Gasteiger partial charge in [-0.25, -0.2) is 4.79 Å². The molecule has 1 aromatic rings. The number of hydrogen-bond donors (Lipinski definition) is 0. The Kier molecular flexibility index (Phi) is 6.74. The summed E-state index contributed by atoms with van der Waals surface area (Å²) >= 11 is 8.19. The molecule has 0 amide bonds. The number of thiophene rings is 1. The standard InChI is InChI=1S/C12H16Br2O2S/c1-3-4-5-6-8(2)16-12(15)9-7-10(13)17-11(9)14/h7-8H,3-6H2,1-2H3. The molecule has 0 fully saturated rings. The maximum atomic E-state index is 11.9. The van der Waals surface area contributed by atoms with Crippen LogP contribution in [0.15, 0.2) is 13.6 Å². The molecule has 1 rings (SSSR count). The van der Waals surface area contributed by atoms with Crippen LogP contribution in [0.2, 0.25) is 0 Å². The van der Waals surface area contributed by atoms with Crippen LogP contribution >= 0.6 is 43.2 Å². The van der Waals surface area contributed by atoms with Crippen LogP contribution in [0.25, 0.3) is 0 Å². The predicted octanol–water partition coefficient (Wildman–Crippen LogP) is 5.40. The Morgan fingerprint density at radius 2 is 2.18 bits per heavy atom. The van der Waals surface area contributed by atoms with Crippen LogP contribution in [0.3, 0.4) is 0 Å². The lowest BCUT2D eigenvalue weighted by molar-refractivity contribution is 0.0319. The maximum absolute atomic E-state index is 11.9. The molecular formula is C12H16Br2O2S. The van der Waals surface area contributed by atoms with Crippen molar-refractivity contribution in [1.29, 1.82) is 0 Å². The lowest BCUT2D eigenvalue weighted by Gasteiger charge is -2.12. The normalized spacial score (nSPS) is 12.5. The van der Waals surface area contributed by atoms with Gasteiger partial charge < -0.3 is 4.74 Å². The molecule has 0 aliphatic rings. The lowest BCUT2D eigenvalue weighted by Crippen LogP contribution is -2.14. The van der Waals surface area contributed by atoms with Gasteiger partial charge in [0, 0.05) is 0 Å². The number of unbranched alkanes of at least 4 members (excludes halogenated alkanes) is 2. The fourth-order valence-corrected chi connectivity index (χ4v) is 4.23. The van der Waals surface area contributed by atoms with E-state index in [-0.39, 0.29) is 12.1 Å². The van der Waals surface area contributed by atoms with E-state index in [1.807, 2.05) is 6.92 Å². The zero-order valence-electron chi connectivity index (χ0n) is 9.96. The topological polar surface area (TPSA) is 26.3 Å². The Morgan fingerprint density at radius 3 is 2.71 bits per heavy atom. The van der Waals surface area contributed by atoms with Crippen LogP contribution in [-0.2, 0) is 4.74 Å². The molecule has 1 unspecified atom stereocenters. The Labute approximate surface area is 123 Å². The molecule has 1 atom stereocenters. The van der Waals surface area contributed by atoms with E-state index in [2.05, 4.69) is 38.8 Å². The van der Waals surface area contributed by atoms with Crippen molar-refractivity contribution in [3.05, 3.63) is 19.2 Å². The Bertz CT molecular complexity index is 377. The lowest BCUT2D eigenvalue weighted by atomic mass is 10.1. The van der Waals surface area contributed by atoms with E-state index < -0.39 is 0 Å². The molecule has 0 spiro atoms. The largest absolute Gasteiger partial charge is 0.459 e. The van der Waals surface area contributed by atoms with Gasteiger partial charge in [0.25, 0.3) is 0 Å². The van der Waals surface area contributed by atoms with Gasteiger partial charge in [-0.3, -0.25) is 0 Å². The van der Waals surface area contributed by atoms with E-state index in [0.717, 1.165) is 20.4 Å². The molecule has 1 heterocycles. The minimum Gasteiger partial charge on any atom is -0.459 e. The van der Waals surface area contributed by atoms with E-state index >= 15 is 0 Å². The molecule has 0 N–H and O–H groups in total. The third kappa shape index (κ3) is 5.10. The van der Waals surface area contributed by atoms with Gasteiger partial charge in [0.1, 0.15) is 0 Å². The van der Waals surface area contributed by atoms with Crippen LogP contribution in [0.5, 0.6) is 0 Å². The minimum atomic E-state index is -0.247. The highest BCUT2D eigenvalue weighted by molar-refractivity contribution is 9.12. The molecule has 96 valence electrons. The fraction of sp³-hybridized carbons (Fsp3) is 0.583. The van der Waals surface area contributed by atoms with E-state index in [1.165, 1.54) is 24.2 Å². The smallest absolute Gasteiger partial charge is 0.340 e. The SMILES string of the molecule is CCCCCC(C)OC(=O)c1cc(Br)sc1Br. The van der Waals surface area contributed by atoms with Gasteiger partial charge in [-0.2, -0.15) is 0 Å². The second kappa shape index (κ2) is 7.54. The number of carbonyl (C=O) groups is 1. The third-order valence-corrected chi connectivity index (χ3v) is 4.74. The summed E-state index contributed by atoms with van der Waals surface area (Å²) in [5.74, 6) is -0.247. The van der Waals surface area contributed by atoms with E-state index in [0.29, 0.717) is 5.56 Å². The van der Waals surface area contributed by atoms with Crippen LogP contribution in [0, 0.1) is 0 Å². The first-order valence-corrected chi connectivity index (χ1v) is 8.10. The maximum Gasteiger partial charge on any atom is 0.340 e. The first-order valence-electron chi connectivity index (χ1n) is 5.70. The summed E-state index contributed by atoms with van der Waals surface area (Å²) in [5.41, 5.74) is 0.601.